The number of amides is 2. The predicted octanol–water partition coefficient (Wildman–Crippen LogP) is 3.03. The Morgan fingerprint density at radius 1 is 1.14 bits per heavy atom. The molecule has 28 heavy (non-hydrogen) atoms. The van der Waals surface area contributed by atoms with E-state index in [-0.39, 0.29) is 22.6 Å². The van der Waals surface area contributed by atoms with E-state index >= 15 is 0 Å². The number of nitrogens with one attached hydrogen (secondary N) is 1. The third-order valence-electron chi connectivity index (χ3n) is 4.65. The summed E-state index contributed by atoms with van der Waals surface area (Å²) in [5.74, 6) is -0.341. The van der Waals surface area contributed by atoms with Crippen molar-refractivity contribution in [1.82, 2.24) is 0 Å². The van der Waals surface area contributed by atoms with Gasteiger partial charge in [0.1, 0.15) is 6.04 Å². The molecule has 148 valence electrons. The number of fused-ring (bicyclic) bond motifs is 1. The molecule has 0 fully saturated rings. The van der Waals surface area contributed by atoms with E-state index in [2.05, 4.69) is 5.32 Å². The van der Waals surface area contributed by atoms with Crippen molar-refractivity contribution in [2.45, 2.75) is 37.6 Å². The van der Waals surface area contributed by atoms with Gasteiger partial charge < -0.3 is 5.32 Å². The monoisotopic (exact) mass is 400 g/mol. The van der Waals surface area contributed by atoms with Crippen molar-refractivity contribution in [1.29, 1.82) is 0 Å². The lowest BCUT2D eigenvalue weighted by Gasteiger charge is -2.37. The number of hydrogen-bond acceptors (Lipinski definition) is 4. The Balaban J connectivity index is 2.06. The van der Waals surface area contributed by atoms with Crippen LogP contribution in [0.2, 0.25) is 0 Å². The molecule has 1 atom stereocenters. The Labute approximate surface area is 165 Å². The second kappa shape index (κ2) is 7.75. The molecule has 2 aromatic carbocycles. The van der Waals surface area contributed by atoms with Crippen LogP contribution in [0.1, 0.15) is 25.8 Å². The van der Waals surface area contributed by atoms with Gasteiger partial charge in [-0.2, -0.15) is 0 Å². The average Bonchev–Trinajstić information content (AvgIpc) is 2.61. The molecular formula is C21H24N2O4S. The molecule has 0 radical (unpaired) electrons. The topological polar surface area (TPSA) is 83.6 Å². The first-order valence-electron chi connectivity index (χ1n) is 9.18. The highest BCUT2D eigenvalue weighted by atomic mass is 32.2. The van der Waals surface area contributed by atoms with Crippen molar-refractivity contribution >= 4 is 33.0 Å². The lowest BCUT2D eigenvalue weighted by molar-refractivity contribution is -0.124. The smallest absolute Gasteiger partial charge is 0.247 e. The number of hydrogen-bond donors (Lipinski definition) is 1. The van der Waals surface area contributed by atoms with Crippen LogP contribution < -0.4 is 10.2 Å². The van der Waals surface area contributed by atoms with Crippen molar-refractivity contribution in [2.24, 2.45) is 5.92 Å². The molecule has 7 heteroatoms. The highest BCUT2D eigenvalue weighted by Gasteiger charge is 2.37. The third-order valence-corrected chi connectivity index (χ3v) is 5.76. The quantitative estimate of drug-likeness (QED) is 0.836. The van der Waals surface area contributed by atoms with Crippen molar-refractivity contribution in [3.05, 3.63) is 54.1 Å². The molecule has 3 rings (SSSR count). The summed E-state index contributed by atoms with van der Waals surface area (Å²) in [5, 5.41) is 2.78. The van der Waals surface area contributed by atoms with Crippen molar-refractivity contribution in [3.8, 4) is 0 Å². The van der Waals surface area contributed by atoms with Gasteiger partial charge in [-0.25, -0.2) is 8.42 Å². The van der Waals surface area contributed by atoms with E-state index in [0.29, 0.717) is 24.2 Å². The van der Waals surface area contributed by atoms with Gasteiger partial charge in [0, 0.05) is 19.1 Å². The number of nitrogens with zero attached hydrogens (tertiary/aromatic N) is 1. The summed E-state index contributed by atoms with van der Waals surface area (Å²) in [5.41, 5.74) is 1.81. The first-order chi connectivity index (χ1) is 13.2. The molecule has 2 aromatic rings. The lowest BCUT2D eigenvalue weighted by atomic mass is 9.98. The van der Waals surface area contributed by atoms with Crippen LogP contribution in [0.3, 0.4) is 0 Å². The van der Waals surface area contributed by atoms with Gasteiger partial charge in [0.2, 0.25) is 11.8 Å². The first-order valence-corrected chi connectivity index (χ1v) is 11.1. The number of carbonyl (C=O) groups excluding carboxylic acids is 2. The Kier molecular flexibility index (Phi) is 5.56. The highest BCUT2D eigenvalue weighted by molar-refractivity contribution is 7.90. The Morgan fingerprint density at radius 3 is 2.43 bits per heavy atom. The van der Waals surface area contributed by atoms with Gasteiger partial charge in [0.25, 0.3) is 0 Å². The largest absolute Gasteiger partial charge is 0.322 e. The predicted molar refractivity (Wildman–Crippen MR) is 109 cm³/mol. The molecule has 1 N–H and O–H groups in total. The van der Waals surface area contributed by atoms with Gasteiger partial charge in [-0.15, -0.1) is 0 Å². The Bertz CT molecular complexity index is 1000. The minimum absolute atomic E-state index is 0.101. The fraction of sp³-hybridized carbons (Fsp3) is 0.333. The summed E-state index contributed by atoms with van der Waals surface area (Å²) in [6, 6.07) is 13.3. The normalized spacial score (nSPS) is 16.6. The molecule has 1 unspecified atom stereocenters. The molecule has 0 aliphatic carbocycles. The molecule has 6 nitrogen and oxygen atoms in total. The fourth-order valence-electron chi connectivity index (χ4n) is 3.33. The van der Waals surface area contributed by atoms with Crippen LogP contribution in [0, 0.1) is 5.92 Å². The summed E-state index contributed by atoms with van der Waals surface area (Å²) in [6.07, 6.45) is 1.79. The van der Waals surface area contributed by atoms with E-state index in [1.165, 1.54) is 17.0 Å². The van der Waals surface area contributed by atoms with E-state index in [0.717, 1.165) is 11.8 Å². The van der Waals surface area contributed by atoms with Crippen molar-refractivity contribution < 1.29 is 18.0 Å². The minimum atomic E-state index is -3.43. The zero-order chi connectivity index (χ0) is 20.5. The van der Waals surface area contributed by atoms with Gasteiger partial charge in [-0.1, -0.05) is 44.2 Å². The van der Waals surface area contributed by atoms with Crippen LogP contribution in [-0.2, 0) is 25.8 Å². The number of benzene rings is 2. The van der Waals surface area contributed by atoms with E-state index < -0.39 is 15.9 Å². The Hall–Kier alpha value is -2.67. The standard InChI is InChI=1S/C21H24N2O4S/c1-14(2)11-20(24)23-18-10-9-16(28(3,26)27)13-17(18)22-21(25)19(23)12-15-7-5-4-6-8-15/h4-10,13-14,19H,11-12H2,1-3H3,(H,22,25). The summed E-state index contributed by atoms with van der Waals surface area (Å²) < 4.78 is 23.7. The zero-order valence-corrected chi connectivity index (χ0v) is 17.0. The van der Waals surface area contributed by atoms with Gasteiger partial charge in [-0.05, 0) is 29.7 Å². The van der Waals surface area contributed by atoms with E-state index in [1.54, 1.807) is 6.07 Å². The average molecular weight is 401 g/mol. The number of rotatable bonds is 5. The summed E-state index contributed by atoms with van der Waals surface area (Å²) in [4.78, 5) is 27.5. The first kappa shape index (κ1) is 20.1. The van der Waals surface area contributed by atoms with Crippen molar-refractivity contribution in [2.75, 3.05) is 16.5 Å². The summed E-state index contributed by atoms with van der Waals surface area (Å²) in [7, 11) is -3.43. The van der Waals surface area contributed by atoms with Crippen LogP contribution >= 0.6 is 0 Å². The molecule has 0 bridgehead atoms. The van der Waals surface area contributed by atoms with Crippen molar-refractivity contribution in [3.63, 3.8) is 0 Å². The number of sulfone groups is 1. The van der Waals surface area contributed by atoms with Gasteiger partial charge in [0.15, 0.2) is 9.84 Å². The number of carbonyl (C=O) groups is 2. The summed E-state index contributed by atoms with van der Waals surface area (Å²) in [6.45, 7) is 3.89. The second-order valence-electron chi connectivity index (χ2n) is 7.51. The summed E-state index contributed by atoms with van der Waals surface area (Å²) >= 11 is 0. The maximum Gasteiger partial charge on any atom is 0.247 e. The molecule has 1 aliphatic heterocycles. The second-order valence-corrected chi connectivity index (χ2v) is 9.52. The molecule has 0 aromatic heterocycles. The van der Waals surface area contributed by atoms with Gasteiger partial charge >= 0.3 is 0 Å². The minimum Gasteiger partial charge on any atom is -0.322 e. The van der Waals surface area contributed by atoms with Gasteiger partial charge in [0.05, 0.1) is 16.3 Å². The van der Waals surface area contributed by atoms with E-state index in [1.807, 2.05) is 44.2 Å². The molecule has 1 heterocycles. The SMILES string of the molecule is CC(C)CC(=O)N1c2ccc(S(C)(=O)=O)cc2NC(=O)C1Cc1ccccc1. The molecule has 1 aliphatic rings. The van der Waals surface area contributed by atoms with Crippen LogP contribution in [0.4, 0.5) is 11.4 Å². The Morgan fingerprint density at radius 2 is 1.82 bits per heavy atom. The lowest BCUT2D eigenvalue weighted by Crippen LogP contribution is -2.52. The molecular weight excluding hydrogens is 376 g/mol. The molecule has 2 amide bonds. The van der Waals surface area contributed by atoms with Gasteiger partial charge in [-0.3, -0.25) is 14.5 Å². The van der Waals surface area contributed by atoms with E-state index in [9.17, 15) is 18.0 Å². The van der Waals surface area contributed by atoms with Crippen LogP contribution in [0.5, 0.6) is 0 Å². The molecule has 0 saturated heterocycles. The molecule has 0 spiro atoms. The van der Waals surface area contributed by atoms with Crippen LogP contribution in [-0.4, -0.2) is 32.5 Å². The van der Waals surface area contributed by atoms with Crippen LogP contribution in [0.15, 0.2) is 53.4 Å². The molecule has 0 saturated carbocycles. The third kappa shape index (κ3) is 4.25. The highest BCUT2D eigenvalue weighted by Crippen LogP contribution is 2.36. The maximum absolute atomic E-state index is 13.0. The maximum atomic E-state index is 13.0. The van der Waals surface area contributed by atoms with Crippen LogP contribution in [0.25, 0.3) is 0 Å². The zero-order valence-electron chi connectivity index (χ0n) is 16.2. The van der Waals surface area contributed by atoms with E-state index in [4.69, 9.17) is 0 Å². The fourth-order valence-corrected chi connectivity index (χ4v) is 3.98. The number of anilines is 2.